The van der Waals surface area contributed by atoms with Crippen molar-refractivity contribution in [1.29, 1.82) is 0 Å². The van der Waals surface area contributed by atoms with Crippen molar-refractivity contribution in [2.45, 2.75) is 12.3 Å². The monoisotopic (exact) mass is 266 g/mol. The number of benzene rings is 1. The van der Waals surface area contributed by atoms with Crippen molar-refractivity contribution in [3.63, 3.8) is 0 Å². The number of aliphatic imine (C=N–C) groups is 1. The summed E-state index contributed by atoms with van der Waals surface area (Å²) in [7, 11) is 0. The minimum atomic E-state index is -4.31. The van der Waals surface area contributed by atoms with Gasteiger partial charge < -0.3 is 10.5 Å². The first-order valence-corrected chi connectivity index (χ1v) is 4.60. The van der Waals surface area contributed by atoms with Crippen molar-refractivity contribution in [2.24, 2.45) is 10.7 Å². The fraction of sp³-hybridized carbons (Fsp3) is 0.300. The highest BCUT2D eigenvalue weighted by molar-refractivity contribution is 5.85. The van der Waals surface area contributed by atoms with Gasteiger partial charge in [-0.15, -0.1) is 12.4 Å². The van der Waals surface area contributed by atoms with E-state index < -0.39 is 11.7 Å². The predicted molar refractivity (Wildman–Crippen MR) is 59.0 cm³/mol. The lowest BCUT2D eigenvalue weighted by atomic mass is 10.1. The maximum atomic E-state index is 12.3. The molecule has 0 amide bonds. The molecule has 0 spiro atoms. The first-order chi connectivity index (χ1) is 7.47. The molecule has 17 heavy (non-hydrogen) atoms. The van der Waals surface area contributed by atoms with Crippen molar-refractivity contribution < 1.29 is 17.9 Å². The third kappa shape index (κ3) is 3.03. The number of alkyl halides is 3. The number of hydrogen-bond acceptors (Lipinski definition) is 3. The van der Waals surface area contributed by atoms with Crippen LogP contribution in [0.5, 0.6) is 0 Å². The van der Waals surface area contributed by atoms with Crippen LogP contribution in [0, 0.1) is 0 Å². The van der Waals surface area contributed by atoms with Gasteiger partial charge in [0.25, 0.3) is 6.02 Å². The summed E-state index contributed by atoms with van der Waals surface area (Å²) in [6.07, 6.45) is -4.69. The Labute approximate surface area is 102 Å². The molecule has 0 unspecified atom stereocenters. The molecule has 1 heterocycles. The van der Waals surface area contributed by atoms with Crippen LogP contribution >= 0.6 is 12.4 Å². The molecule has 94 valence electrons. The van der Waals surface area contributed by atoms with Gasteiger partial charge in [0, 0.05) is 0 Å². The molecule has 3 nitrogen and oxygen atoms in total. The molecular formula is C10H10ClF3N2O. The summed E-state index contributed by atoms with van der Waals surface area (Å²) in [5.41, 5.74) is 5.27. The van der Waals surface area contributed by atoms with E-state index in [0.29, 0.717) is 12.1 Å². The largest absolute Gasteiger partial charge is 0.455 e. The van der Waals surface area contributed by atoms with Gasteiger partial charge in [-0.3, -0.25) is 0 Å². The fourth-order valence-corrected chi connectivity index (χ4v) is 1.45. The zero-order chi connectivity index (χ0) is 11.8. The number of amidine groups is 1. The van der Waals surface area contributed by atoms with E-state index in [9.17, 15) is 13.2 Å². The average molecular weight is 267 g/mol. The average Bonchev–Trinajstić information content (AvgIpc) is 2.64. The topological polar surface area (TPSA) is 47.6 Å². The molecule has 2 rings (SSSR count). The number of hydrogen-bond donors (Lipinski definition) is 1. The Bertz CT molecular complexity index is 417. The van der Waals surface area contributed by atoms with Crippen molar-refractivity contribution in [3.05, 3.63) is 35.4 Å². The third-order valence-corrected chi connectivity index (χ3v) is 2.29. The standard InChI is InChI=1S/C10H9F3N2O.ClH/c11-10(12,13)7-3-1-6(2-4-7)8-5-15-9(14)16-8;/h1-4,8H,5H2,(H2,14,15);1H/t8-;/m0./s1. The molecule has 0 saturated carbocycles. The van der Waals surface area contributed by atoms with Crippen molar-refractivity contribution >= 4 is 18.4 Å². The summed E-state index contributed by atoms with van der Waals surface area (Å²) in [5.74, 6) is 0. The lowest BCUT2D eigenvalue weighted by Gasteiger charge is -2.11. The zero-order valence-corrected chi connectivity index (χ0v) is 9.39. The van der Waals surface area contributed by atoms with Gasteiger partial charge in [-0.2, -0.15) is 13.2 Å². The van der Waals surface area contributed by atoms with E-state index in [1.165, 1.54) is 12.1 Å². The molecule has 0 bridgehead atoms. The highest BCUT2D eigenvalue weighted by Gasteiger charge is 2.30. The van der Waals surface area contributed by atoms with Crippen molar-refractivity contribution in [1.82, 2.24) is 0 Å². The van der Waals surface area contributed by atoms with Crippen LogP contribution in [0.3, 0.4) is 0 Å². The molecule has 1 atom stereocenters. The van der Waals surface area contributed by atoms with Crippen LogP contribution < -0.4 is 5.73 Å². The van der Waals surface area contributed by atoms with Crippen LogP contribution in [0.2, 0.25) is 0 Å². The second-order valence-corrected chi connectivity index (χ2v) is 3.41. The molecule has 0 fully saturated rings. The molecule has 1 aromatic carbocycles. The molecule has 1 aliphatic rings. The Balaban J connectivity index is 0.00000144. The first kappa shape index (κ1) is 13.6. The summed E-state index contributed by atoms with van der Waals surface area (Å²) < 4.78 is 42.0. The summed E-state index contributed by atoms with van der Waals surface area (Å²) in [6.45, 7) is 0.344. The highest BCUT2D eigenvalue weighted by Crippen LogP contribution is 2.30. The molecule has 0 aliphatic carbocycles. The Morgan fingerprint density at radius 3 is 2.24 bits per heavy atom. The van der Waals surface area contributed by atoms with Crippen LogP contribution in [0.1, 0.15) is 17.2 Å². The Kier molecular flexibility index (Phi) is 3.87. The zero-order valence-electron chi connectivity index (χ0n) is 8.57. The van der Waals surface area contributed by atoms with Gasteiger partial charge >= 0.3 is 6.18 Å². The molecule has 7 heteroatoms. The Morgan fingerprint density at radius 2 is 1.82 bits per heavy atom. The molecule has 1 aliphatic heterocycles. The lowest BCUT2D eigenvalue weighted by molar-refractivity contribution is -0.137. The van der Waals surface area contributed by atoms with Gasteiger partial charge in [-0.25, -0.2) is 4.99 Å². The smallest absolute Gasteiger partial charge is 0.416 e. The van der Waals surface area contributed by atoms with Crippen LogP contribution in [-0.4, -0.2) is 12.6 Å². The number of halogens is 4. The van der Waals surface area contributed by atoms with Crippen LogP contribution in [0.4, 0.5) is 13.2 Å². The van der Waals surface area contributed by atoms with Crippen molar-refractivity contribution in [2.75, 3.05) is 6.54 Å². The van der Waals surface area contributed by atoms with Crippen molar-refractivity contribution in [3.8, 4) is 0 Å². The maximum absolute atomic E-state index is 12.3. The Morgan fingerprint density at radius 1 is 1.24 bits per heavy atom. The van der Waals surface area contributed by atoms with Crippen LogP contribution in [-0.2, 0) is 10.9 Å². The number of ether oxygens (including phenoxy) is 1. The fourth-order valence-electron chi connectivity index (χ4n) is 1.45. The van der Waals surface area contributed by atoms with E-state index in [1.54, 1.807) is 0 Å². The van der Waals surface area contributed by atoms with Gasteiger partial charge in [-0.05, 0) is 17.7 Å². The van der Waals surface area contributed by atoms with Gasteiger partial charge in [0.15, 0.2) is 0 Å². The maximum Gasteiger partial charge on any atom is 0.416 e. The minimum absolute atomic E-state index is 0. The molecule has 0 aromatic heterocycles. The molecule has 0 radical (unpaired) electrons. The van der Waals surface area contributed by atoms with E-state index in [1.807, 2.05) is 0 Å². The summed E-state index contributed by atoms with van der Waals surface area (Å²) in [5, 5.41) is 0. The van der Waals surface area contributed by atoms with Crippen LogP contribution in [0.15, 0.2) is 29.3 Å². The van der Waals surface area contributed by atoms with Gasteiger partial charge in [0.2, 0.25) is 0 Å². The van der Waals surface area contributed by atoms with E-state index in [0.717, 1.165) is 12.1 Å². The number of rotatable bonds is 1. The SMILES string of the molecule is Cl.NC1=NC[C@@H](c2ccc(C(F)(F)F)cc2)O1. The quantitative estimate of drug-likeness (QED) is 0.849. The third-order valence-electron chi connectivity index (χ3n) is 2.29. The van der Waals surface area contributed by atoms with Gasteiger partial charge in [0.1, 0.15) is 6.10 Å². The van der Waals surface area contributed by atoms with Crippen LogP contribution in [0.25, 0.3) is 0 Å². The second kappa shape index (κ2) is 4.83. The molecule has 1 aromatic rings. The van der Waals surface area contributed by atoms with E-state index in [-0.39, 0.29) is 24.5 Å². The predicted octanol–water partition coefficient (Wildman–Crippen LogP) is 2.51. The van der Waals surface area contributed by atoms with Gasteiger partial charge in [0.05, 0.1) is 12.1 Å². The van der Waals surface area contributed by atoms with E-state index in [4.69, 9.17) is 10.5 Å². The summed E-state index contributed by atoms with van der Waals surface area (Å²) in [6, 6.07) is 4.87. The molecule has 0 saturated heterocycles. The normalized spacial score (nSPS) is 19.2. The number of nitrogens with zero attached hydrogens (tertiary/aromatic N) is 1. The second-order valence-electron chi connectivity index (χ2n) is 3.41. The summed E-state index contributed by atoms with van der Waals surface area (Å²) >= 11 is 0. The minimum Gasteiger partial charge on any atom is -0.455 e. The molecular weight excluding hydrogens is 257 g/mol. The number of nitrogens with two attached hydrogens (primary N) is 1. The highest BCUT2D eigenvalue weighted by atomic mass is 35.5. The first-order valence-electron chi connectivity index (χ1n) is 4.60. The van der Waals surface area contributed by atoms with Gasteiger partial charge in [-0.1, -0.05) is 12.1 Å². The van der Waals surface area contributed by atoms with E-state index >= 15 is 0 Å². The lowest BCUT2D eigenvalue weighted by Crippen LogP contribution is -2.13. The van der Waals surface area contributed by atoms with E-state index in [2.05, 4.69) is 4.99 Å². The summed E-state index contributed by atoms with van der Waals surface area (Å²) in [4.78, 5) is 3.82. The molecule has 2 N–H and O–H groups in total. The Hall–Kier alpha value is -1.43.